The Bertz CT molecular complexity index is 641. The second kappa shape index (κ2) is 6.29. The molecule has 20 heavy (non-hydrogen) atoms. The summed E-state index contributed by atoms with van der Waals surface area (Å²) in [5.41, 5.74) is 0.866. The number of carboxylic acid groups (broad SMARTS) is 1. The van der Waals surface area contributed by atoms with Gasteiger partial charge in [0.15, 0.2) is 5.69 Å². The maximum absolute atomic E-state index is 11.9. The first-order valence-electron chi connectivity index (χ1n) is 5.79. The van der Waals surface area contributed by atoms with Crippen LogP contribution in [0.2, 0.25) is 0 Å². The van der Waals surface area contributed by atoms with Gasteiger partial charge in [0.2, 0.25) is 5.91 Å². The van der Waals surface area contributed by atoms with Gasteiger partial charge in [0.05, 0.1) is 12.1 Å². The topological polar surface area (TPSA) is 79.3 Å². The predicted molar refractivity (Wildman–Crippen MR) is 77.7 cm³/mol. The normalized spacial score (nSPS) is 10.1. The molecule has 0 atom stereocenters. The van der Waals surface area contributed by atoms with Gasteiger partial charge in [-0.2, -0.15) is 0 Å². The Balaban J connectivity index is 2.08. The van der Waals surface area contributed by atoms with Gasteiger partial charge in [-0.05, 0) is 29.8 Å². The van der Waals surface area contributed by atoms with Gasteiger partial charge < -0.3 is 10.4 Å². The van der Waals surface area contributed by atoms with E-state index in [4.69, 9.17) is 5.11 Å². The van der Waals surface area contributed by atoms with Gasteiger partial charge >= 0.3 is 5.97 Å². The van der Waals surface area contributed by atoms with Crippen molar-refractivity contribution in [3.05, 3.63) is 58.3 Å². The third-order valence-corrected chi connectivity index (χ3v) is 3.09. The molecule has 2 N–H and O–H groups in total. The van der Waals surface area contributed by atoms with Crippen LogP contribution in [-0.2, 0) is 11.2 Å². The van der Waals surface area contributed by atoms with Crippen LogP contribution in [0.15, 0.2) is 47.1 Å². The number of rotatable bonds is 4. The zero-order valence-corrected chi connectivity index (χ0v) is 11.9. The minimum atomic E-state index is -1.18. The van der Waals surface area contributed by atoms with Crippen molar-refractivity contribution < 1.29 is 14.7 Å². The monoisotopic (exact) mass is 334 g/mol. The van der Waals surface area contributed by atoms with E-state index in [2.05, 4.69) is 26.2 Å². The van der Waals surface area contributed by atoms with E-state index in [9.17, 15) is 9.59 Å². The van der Waals surface area contributed by atoms with Crippen LogP contribution in [-0.4, -0.2) is 22.0 Å². The van der Waals surface area contributed by atoms with Gasteiger partial charge in [-0.1, -0.05) is 28.1 Å². The Morgan fingerprint density at radius 1 is 1.20 bits per heavy atom. The molecule has 0 fully saturated rings. The van der Waals surface area contributed by atoms with E-state index in [1.165, 1.54) is 12.3 Å². The summed E-state index contributed by atoms with van der Waals surface area (Å²) in [5, 5.41) is 11.5. The Labute approximate surface area is 123 Å². The molecule has 1 aromatic carbocycles. The summed E-state index contributed by atoms with van der Waals surface area (Å²) in [6.45, 7) is 0. The van der Waals surface area contributed by atoms with Crippen LogP contribution in [0.1, 0.15) is 16.1 Å². The number of nitrogens with zero attached hydrogens (tertiary/aromatic N) is 1. The first-order valence-corrected chi connectivity index (χ1v) is 6.58. The van der Waals surface area contributed by atoms with Crippen molar-refractivity contribution >= 4 is 33.5 Å². The molecule has 1 amide bonds. The van der Waals surface area contributed by atoms with Gasteiger partial charge in [0.25, 0.3) is 0 Å². The van der Waals surface area contributed by atoms with Gasteiger partial charge in [-0.15, -0.1) is 0 Å². The smallest absolute Gasteiger partial charge is 0.356 e. The van der Waals surface area contributed by atoms with Gasteiger partial charge in [0, 0.05) is 10.7 Å². The fourth-order valence-corrected chi connectivity index (χ4v) is 1.92. The Morgan fingerprint density at radius 3 is 2.55 bits per heavy atom. The third kappa shape index (κ3) is 3.64. The van der Waals surface area contributed by atoms with Crippen molar-refractivity contribution in [2.45, 2.75) is 6.42 Å². The molecular formula is C14H11BrN2O3. The van der Waals surface area contributed by atoms with E-state index in [0.29, 0.717) is 0 Å². The zero-order chi connectivity index (χ0) is 14.5. The van der Waals surface area contributed by atoms with Crippen LogP contribution in [0.4, 0.5) is 5.69 Å². The summed E-state index contributed by atoms with van der Waals surface area (Å²) in [6.07, 6.45) is 1.54. The molecule has 0 unspecified atom stereocenters. The summed E-state index contributed by atoms with van der Waals surface area (Å²) in [7, 11) is 0. The lowest BCUT2D eigenvalue weighted by atomic mass is 10.1. The van der Waals surface area contributed by atoms with Gasteiger partial charge in [-0.3, -0.25) is 4.79 Å². The molecular weight excluding hydrogens is 324 g/mol. The predicted octanol–water partition coefficient (Wildman–Crippen LogP) is 2.72. The van der Waals surface area contributed by atoms with Crippen molar-refractivity contribution in [1.82, 2.24) is 4.98 Å². The number of carbonyl (C=O) groups is 2. The number of aromatic carboxylic acids is 1. The Kier molecular flexibility index (Phi) is 4.47. The molecule has 0 radical (unpaired) electrons. The molecule has 0 bridgehead atoms. The lowest BCUT2D eigenvalue weighted by molar-refractivity contribution is -0.115. The number of carbonyl (C=O) groups excluding carboxylic acids is 1. The number of benzene rings is 1. The SMILES string of the molecule is O=C(Cc1ccc(Br)cc1)Nc1cccnc1C(=O)O. The van der Waals surface area contributed by atoms with Crippen LogP contribution < -0.4 is 5.32 Å². The number of hydrogen-bond donors (Lipinski definition) is 2. The van der Waals surface area contributed by atoms with E-state index < -0.39 is 5.97 Å². The first-order chi connectivity index (χ1) is 9.56. The standard InChI is InChI=1S/C14H11BrN2O3/c15-10-5-3-9(4-6-10)8-12(18)17-11-2-1-7-16-13(11)14(19)20/h1-7H,8H2,(H,17,18)(H,19,20). The van der Waals surface area contributed by atoms with Crippen molar-refractivity contribution in [2.75, 3.05) is 5.32 Å². The molecule has 1 heterocycles. The highest BCUT2D eigenvalue weighted by Crippen LogP contribution is 2.14. The average Bonchev–Trinajstić information content (AvgIpc) is 2.41. The maximum Gasteiger partial charge on any atom is 0.356 e. The molecule has 102 valence electrons. The molecule has 0 aliphatic rings. The summed E-state index contributed by atoms with van der Waals surface area (Å²) >= 11 is 3.32. The van der Waals surface area contributed by atoms with Crippen molar-refractivity contribution in [1.29, 1.82) is 0 Å². The molecule has 0 saturated carbocycles. The second-order valence-electron chi connectivity index (χ2n) is 4.06. The molecule has 5 nitrogen and oxygen atoms in total. The largest absolute Gasteiger partial charge is 0.476 e. The van der Waals surface area contributed by atoms with Crippen molar-refractivity contribution in [2.24, 2.45) is 0 Å². The molecule has 0 aliphatic heterocycles. The van der Waals surface area contributed by atoms with Crippen LogP contribution >= 0.6 is 15.9 Å². The van der Waals surface area contributed by atoms with E-state index >= 15 is 0 Å². The molecule has 0 saturated heterocycles. The average molecular weight is 335 g/mol. The number of halogens is 1. The number of aromatic nitrogens is 1. The molecule has 0 spiro atoms. The summed E-state index contributed by atoms with van der Waals surface area (Å²) in [6, 6.07) is 10.4. The zero-order valence-electron chi connectivity index (χ0n) is 10.3. The highest BCUT2D eigenvalue weighted by molar-refractivity contribution is 9.10. The van der Waals surface area contributed by atoms with Gasteiger partial charge in [-0.25, -0.2) is 9.78 Å². The summed E-state index contributed by atoms with van der Waals surface area (Å²) < 4.78 is 0.932. The molecule has 6 heteroatoms. The number of pyridine rings is 1. The number of nitrogens with one attached hydrogen (secondary N) is 1. The molecule has 1 aromatic heterocycles. The van der Waals surface area contributed by atoms with Crippen molar-refractivity contribution in [3.8, 4) is 0 Å². The lowest BCUT2D eigenvalue weighted by Gasteiger charge is -2.07. The van der Waals surface area contributed by atoms with Crippen LogP contribution in [0.5, 0.6) is 0 Å². The van der Waals surface area contributed by atoms with Crippen LogP contribution in [0.3, 0.4) is 0 Å². The number of anilines is 1. The fraction of sp³-hybridized carbons (Fsp3) is 0.0714. The number of amides is 1. The minimum absolute atomic E-state index is 0.168. The van der Waals surface area contributed by atoms with E-state index in [-0.39, 0.29) is 23.7 Å². The summed E-state index contributed by atoms with van der Waals surface area (Å²) in [5.74, 6) is -1.47. The van der Waals surface area contributed by atoms with E-state index in [0.717, 1.165) is 10.0 Å². The van der Waals surface area contributed by atoms with Crippen LogP contribution in [0.25, 0.3) is 0 Å². The number of hydrogen-bond acceptors (Lipinski definition) is 3. The van der Waals surface area contributed by atoms with Crippen molar-refractivity contribution in [3.63, 3.8) is 0 Å². The quantitative estimate of drug-likeness (QED) is 0.900. The second-order valence-corrected chi connectivity index (χ2v) is 4.97. The summed E-state index contributed by atoms with van der Waals surface area (Å²) in [4.78, 5) is 26.6. The lowest BCUT2D eigenvalue weighted by Crippen LogP contribution is -2.17. The molecule has 2 rings (SSSR count). The maximum atomic E-state index is 11.9. The van der Waals surface area contributed by atoms with Gasteiger partial charge in [0.1, 0.15) is 0 Å². The van der Waals surface area contributed by atoms with E-state index in [1.807, 2.05) is 24.3 Å². The van der Waals surface area contributed by atoms with Crippen LogP contribution in [0, 0.1) is 0 Å². The number of carboxylic acids is 1. The Hall–Kier alpha value is -2.21. The molecule has 2 aromatic rings. The minimum Gasteiger partial charge on any atom is -0.476 e. The Morgan fingerprint density at radius 2 is 1.90 bits per heavy atom. The van der Waals surface area contributed by atoms with E-state index in [1.54, 1.807) is 6.07 Å². The fourth-order valence-electron chi connectivity index (χ4n) is 1.66. The third-order valence-electron chi connectivity index (χ3n) is 2.56. The first kappa shape index (κ1) is 14.2. The molecule has 0 aliphatic carbocycles. The highest BCUT2D eigenvalue weighted by atomic mass is 79.9. The highest BCUT2D eigenvalue weighted by Gasteiger charge is 2.13.